The molecule has 1 aliphatic rings. The van der Waals surface area contributed by atoms with Gasteiger partial charge in [-0.25, -0.2) is 4.79 Å². The lowest BCUT2D eigenvalue weighted by molar-refractivity contribution is -0.0210. The second-order valence-corrected chi connectivity index (χ2v) is 4.30. The standard InChI is InChI=1S/C10H19NO3/c1-4-10(2,3)14-9(13)11-7-5-6-8(11)12/h8,12H,4-7H2,1-3H3. The number of ether oxygens (including phenoxy) is 1. The average Bonchev–Trinajstić information content (AvgIpc) is 2.51. The first-order valence-electron chi connectivity index (χ1n) is 5.14. The molecule has 0 radical (unpaired) electrons. The number of aliphatic hydroxyl groups is 1. The van der Waals surface area contributed by atoms with Gasteiger partial charge in [0.1, 0.15) is 11.8 Å². The first-order valence-corrected chi connectivity index (χ1v) is 5.14. The van der Waals surface area contributed by atoms with Gasteiger partial charge in [-0.1, -0.05) is 6.92 Å². The minimum Gasteiger partial charge on any atom is -0.443 e. The Morgan fingerprint density at radius 2 is 2.29 bits per heavy atom. The van der Waals surface area contributed by atoms with Crippen molar-refractivity contribution in [2.75, 3.05) is 6.54 Å². The summed E-state index contributed by atoms with van der Waals surface area (Å²) < 4.78 is 5.27. The largest absolute Gasteiger partial charge is 0.443 e. The summed E-state index contributed by atoms with van der Waals surface area (Å²) in [5.74, 6) is 0. The molecule has 1 saturated heterocycles. The molecule has 1 atom stereocenters. The molecule has 0 spiro atoms. The molecule has 0 saturated carbocycles. The summed E-state index contributed by atoms with van der Waals surface area (Å²) in [6.45, 7) is 6.30. The average molecular weight is 201 g/mol. The molecule has 1 N–H and O–H groups in total. The quantitative estimate of drug-likeness (QED) is 0.740. The summed E-state index contributed by atoms with van der Waals surface area (Å²) in [4.78, 5) is 13.0. The lowest BCUT2D eigenvalue weighted by atomic mass is 10.1. The van der Waals surface area contributed by atoms with E-state index in [-0.39, 0.29) is 0 Å². The second-order valence-electron chi connectivity index (χ2n) is 4.30. The van der Waals surface area contributed by atoms with Crippen molar-refractivity contribution in [3.63, 3.8) is 0 Å². The molecule has 1 aliphatic heterocycles. The van der Waals surface area contributed by atoms with E-state index >= 15 is 0 Å². The summed E-state index contributed by atoms with van der Waals surface area (Å²) in [6, 6.07) is 0. The van der Waals surface area contributed by atoms with Crippen molar-refractivity contribution < 1.29 is 14.6 Å². The smallest absolute Gasteiger partial charge is 0.412 e. The SMILES string of the molecule is CCC(C)(C)OC(=O)N1CCCC1O. The van der Waals surface area contributed by atoms with Crippen LogP contribution in [-0.2, 0) is 4.74 Å². The first-order chi connectivity index (χ1) is 6.46. The van der Waals surface area contributed by atoms with E-state index in [9.17, 15) is 9.90 Å². The van der Waals surface area contributed by atoms with E-state index in [0.717, 1.165) is 12.8 Å². The monoisotopic (exact) mass is 201 g/mol. The maximum atomic E-state index is 11.6. The molecule has 1 unspecified atom stereocenters. The number of rotatable bonds is 2. The van der Waals surface area contributed by atoms with Crippen molar-refractivity contribution in [2.24, 2.45) is 0 Å². The van der Waals surface area contributed by atoms with Crippen LogP contribution in [0.15, 0.2) is 0 Å². The number of carbonyl (C=O) groups is 1. The van der Waals surface area contributed by atoms with Crippen molar-refractivity contribution in [3.05, 3.63) is 0 Å². The Bertz CT molecular complexity index is 215. The van der Waals surface area contributed by atoms with Gasteiger partial charge >= 0.3 is 6.09 Å². The topological polar surface area (TPSA) is 49.8 Å². The molecular formula is C10H19NO3. The Balaban J connectivity index is 2.49. The molecule has 0 bridgehead atoms. The molecule has 82 valence electrons. The Morgan fingerprint density at radius 3 is 2.71 bits per heavy atom. The molecule has 0 aromatic rings. The van der Waals surface area contributed by atoms with E-state index in [2.05, 4.69) is 0 Å². The van der Waals surface area contributed by atoms with Gasteiger partial charge in [0.15, 0.2) is 0 Å². The highest BCUT2D eigenvalue weighted by atomic mass is 16.6. The van der Waals surface area contributed by atoms with E-state index < -0.39 is 17.9 Å². The van der Waals surface area contributed by atoms with Gasteiger partial charge in [0.2, 0.25) is 0 Å². The Hall–Kier alpha value is -0.770. The molecule has 1 amide bonds. The third-order valence-corrected chi connectivity index (χ3v) is 2.67. The van der Waals surface area contributed by atoms with Crippen LogP contribution < -0.4 is 0 Å². The van der Waals surface area contributed by atoms with E-state index in [1.807, 2.05) is 20.8 Å². The zero-order chi connectivity index (χ0) is 10.8. The fraction of sp³-hybridized carbons (Fsp3) is 0.900. The van der Waals surface area contributed by atoms with Gasteiger partial charge in [-0.2, -0.15) is 0 Å². The molecule has 0 aromatic heterocycles. The number of likely N-dealkylation sites (tertiary alicyclic amines) is 1. The van der Waals surface area contributed by atoms with Crippen LogP contribution in [0.1, 0.15) is 40.0 Å². The third kappa shape index (κ3) is 2.61. The highest BCUT2D eigenvalue weighted by molar-refractivity contribution is 5.68. The van der Waals surface area contributed by atoms with Crippen LogP contribution in [0.3, 0.4) is 0 Å². The van der Waals surface area contributed by atoms with E-state index in [0.29, 0.717) is 13.0 Å². The van der Waals surface area contributed by atoms with Crippen LogP contribution in [0.5, 0.6) is 0 Å². The Morgan fingerprint density at radius 1 is 1.64 bits per heavy atom. The number of nitrogens with zero attached hydrogens (tertiary/aromatic N) is 1. The van der Waals surface area contributed by atoms with Crippen molar-refractivity contribution in [1.29, 1.82) is 0 Å². The number of hydrogen-bond acceptors (Lipinski definition) is 3. The molecule has 4 heteroatoms. The molecule has 0 aliphatic carbocycles. The molecule has 14 heavy (non-hydrogen) atoms. The molecule has 1 rings (SSSR count). The summed E-state index contributed by atoms with van der Waals surface area (Å²) in [7, 11) is 0. The van der Waals surface area contributed by atoms with Crippen LogP contribution in [0.25, 0.3) is 0 Å². The maximum absolute atomic E-state index is 11.6. The normalized spacial score (nSPS) is 22.6. The summed E-state index contributed by atoms with van der Waals surface area (Å²) in [5, 5.41) is 9.45. The number of carbonyl (C=O) groups excluding carboxylic acids is 1. The van der Waals surface area contributed by atoms with Crippen LogP contribution in [0, 0.1) is 0 Å². The lowest BCUT2D eigenvalue weighted by Crippen LogP contribution is -2.40. The van der Waals surface area contributed by atoms with Gasteiger partial charge in [0, 0.05) is 6.54 Å². The highest BCUT2D eigenvalue weighted by Crippen LogP contribution is 2.20. The van der Waals surface area contributed by atoms with Crippen LogP contribution >= 0.6 is 0 Å². The van der Waals surface area contributed by atoms with Gasteiger partial charge in [-0.05, 0) is 33.1 Å². The van der Waals surface area contributed by atoms with Crippen LogP contribution in [-0.4, -0.2) is 34.5 Å². The van der Waals surface area contributed by atoms with Crippen LogP contribution in [0.2, 0.25) is 0 Å². The molecule has 1 fully saturated rings. The summed E-state index contributed by atoms with van der Waals surface area (Å²) in [6.07, 6.45) is 1.21. The lowest BCUT2D eigenvalue weighted by Gasteiger charge is -2.28. The predicted octanol–water partition coefficient (Wildman–Crippen LogP) is 1.73. The fourth-order valence-electron chi connectivity index (χ4n) is 1.33. The van der Waals surface area contributed by atoms with Crippen LogP contribution in [0.4, 0.5) is 4.79 Å². The maximum Gasteiger partial charge on any atom is 0.412 e. The minimum atomic E-state index is -0.657. The Kier molecular flexibility index (Phi) is 3.37. The number of hydrogen-bond donors (Lipinski definition) is 1. The Labute approximate surface area is 84.8 Å². The van der Waals surface area contributed by atoms with Gasteiger partial charge in [-0.15, -0.1) is 0 Å². The van der Waals surface area contributed by atoms with Crippen molar-refractivity contribution in [2.45, 2.75) is 51.9 Å². The van der Waals surface area contributed by atoms with E-state index in [1.165, 1.54) is 4.90 Å². The zero-order valence-electron chi connectivity index (χ0n) is 9.12. The molecule has 4 nitrogen and oxygen atoms in total. The first kappa shape index (κ1) is 11.3. The van der Waals surface area contributed by atoms with Gasteiger partial charge in [0.05, 0.1) is 0 Å². The molecular weight excluding hydrogens is 182 g/mol. The van der Waals surface area contributed by atoms with E-state index in [1.54, 1.807) is 0 Å². The molecule has 1 heterocycles. The highest BCUT2D eigenvalue weighted by Gasteiger charge is 2.31. The van der Waals surface area contributed by atoms with Crippen molar-refractivity contribution >= 4 is 6.09 Å². The van der Waals surface area contributed by atoms with E-state index in [4.69, 9.17) is 4.74 Å². The third-order valence-electron chi connectivity index (χ3n) is 2.67. The minimum absolute atomic E-state index is 0.401. The second kappa shape index (κ2) is 4.17. The predicted molar refractivity (Wildman–Crippen MR) is 52.8 cm³/mol. The van der Waals surface area contributed by atoms with Gasteiger partial charge in [0.25, 0.3) is 0 Å². The molecule has 0 aromatic carbocycles. The zero-order valence-corrected chi connectivity index (χ0v) is 9.12. The van der Waals surface area contributed by atoms with Gasteiger partial charge < -0.3 is 9.84 Å². The van der Waals surface area contributed by atoms with Gasteiger partial charge in [-0.3, -0.25) is 4.90 Å². The fourth-order valence-corrected chi connectivity index (χ4v) is 1.33. The number of aliphatic hydroxyl groups excluding tert-OH is 1. The summed E-state index contributed by atoms with van der Waals surface area (Å²) >= 11 is 0. The number of amides is 1. The van der Waals surface area contributed by atoms with Crippen molar-refractivity contribution in [3.8, 4) is 0 Å². The van der Waals surface area contributed by atoms with Crippen molar-refractivity contribution in [1.82, 2.24) is 4.90 Å². The summed E-state index contributed by atoms with van der Waals surface area (Å²) in [5.41, 5.74) is -0.445.